The summed E-state index contributed by atoms with van der Waals surface area (Å²) in [6.45, 7) is 4.95. The van der Waals surface area contributed by atoms with Gasteiger partial charge in [-0.15, -0.1) is 0 Å². The molecule has 1 aliphatic rings. The largest absolute Gasteiger partial charge is 0.465 e. The van der Waals surface area contributed by atoms with Gasteiger partial charge in [-0.25, -0.2) is 4.79 Å². The third-order valence-corrected chi connectivity index (χ3v) is 3.12. The maximum Gasteiger partial charge on any atom is 0.339 e. The minimum absolute atomic E-state index is 0.272. The average molecular weight is 234 g/mol. The molecule has 0 bridgehead atoms. The summed E-state index contributed by atoms with van der Waals surface area (Å²) in [6, 6.07) is 8.00. The van der Waals surface area contributed by atoms with Crippen LogP contribution >= 0.6 is 0 Å². The number of hydrogen-bond donors (Lipinski definition) is 1. The highest BCUT2D eigenvalue weighted by atomic mass is 16.5. The molecule has 0 radical (unpaired) electrons. The number of carbonyl (C=O) groups is 1. The Bertz CT molecular complexity index is 406. The SMILES string of the molecule is COC(=O)c1ccccc1N1CCNCC1C. The zero-order valence-corrected chi connectivity index (χ0v) is 10.3. The van der Waals surface area contributed by atoms with Gasteiger partial charge in [0.2, 0.25) is 0 Å². The molecule has 0 aliphatic carbocycles. The first-order chi connectivity index (χ1) is 8.24. The van der Waals surface area contributed by atoms with E-state index in [0.717, 1.165) is 25.3 Å². The molecule has 1 N–H and O–H groups in total. The fourth-order valence-electron chi connectivity index (χ4n) is 2.21. The smallest absolute Gasteiger partial charge is 0.339 e. The summed E-state index contributed by atoms with van der Waals surface area (Å²) in [5.74, 6) is -0.272. The Balaban J connectivity index is 2.33. The van der Waals surface area contributed by atoms with E-state index >= 15 is 0 Å². The molecular formula is C13H18N2O2. The fourth-order valence-corrected chi connectivity index (χ4v) is 2.21. The predicted molar refractivity (Wildman–Crippen MR) is 67.5 cm³/mol. The maximum atomic E-state index is 11.7. The Hall–Kier alpha value is -1.55. The van der Waals surface area contributed by atoms with Crippen LogP contribution in [0.15, 0.2) is 24.3 Å². The molecule has 1 fully saturated rings. The predicted octanol–water partition coefficient (Wildman–Crippen LogP) is 1.27. The summed E-state index contributed by atoms with van der Waals surface area (Å²) < 4.78 is 4.82. The van der Waals surface area contributed by atoms with E-state index in [9.17, 15) is 4.79 Å². The van der Waals surface area contributed by atoms with Crippen LogP contribution in [0, 0.1) is 0 Å². The molecule has 2 rings (SSSR count). The van der Waals surface area contributed by atoms with Gasteiger partial charge in [0.15, 0.2) is 0 Å². The topological polar surface area (TPSA) is 41.6 Å². The van der Waals surface area contributed by atoms with E-state index in [-0.39, 0.29) is 5.97 Å². The summed E-state index contributed by atoms with van der Waals surface area (Å²) in [4.78, 5) is 14.0. The first-order valence-corrected chi connectivity index (χ1v) is 5.88. The Morgan fingerprint density at radius 1 is 1.47 bits per heavy atom. The molecule has 0 spiro atoms. The lowest BCUT2D eigenvalue weighted by Gasteiger charge is -2.36. The van der Waals surface area contributed by atoms with Gasteiger partial charge >= 0.3 is 5.97 Å². The van der Waals surface area contributed by atoms with Crippen molar-refractivity contribution < 1.29 is 9.53 Å². The number of benzene rings is 1. The number of carbonyl (C=O) groups excluding carboxylic acids is 1. The quantitative estimate of drug-likeness (QED) is 0.782. The number of esters is 1. The van der Waals surface area contributed by atoms with Gasteiger partial charge in [-0.3, -0.25) is 0 Å². The lowest BCUT2D eigenvalue weighted by molar-refractivity contribution is 0.0601. The van der Waals surface area contributed by atoms with Crippen molar-refractivity contribution in [1.82, 2.24) is 5.32 Å². The third-order valence-electron chi connectivity index (χ3n) is 3.12. The van der Waals surface area contributed by atoms with Crippen molar-refractivity contribution in [3.05, 3.63) is 29.8 Å². The lowest BCUT2D eigenvalue weighted by Crippen LogP contribution is -2.50. The van der Waals surface area contributed by atoms with Crippen LogP contribution in [-0.4, -0.2) is 38.8 Å². The minimum Gasteiger partial charge on any atom is -0.465 e. The highest BCUT2D eigenvalue weighted by molar-refractivity contribution is 5.95. The van der Waals surface area contributed by atoms with Crippen LogP contribution in [0.4, 0.5) is 5.69 Å². The van der Waals surface area contributed by atoms with Crippen molar-refractivity contribution in [2.45, 2.75) is 13.0 Å². The van der Waals surface area contributed by atoms with E-state index in [1.165, 1.54) is 7.11 Å². The van der Waals surface area contributed by atoms with Crippen LogP contribution in [0.2, 0.25) is 0 Å². The van der Waals surface area contributed by atoms with Crippen molar-refractivity contribution in [1.29, 1.82) is 0 Å². The van der Waals surface area contributed by atoms with E-state index in [1.54, 1.807) is 0 Å². The molecule has 0 saturated carbocycles. The van der Waals surface area contributed by atoms with E-state index in [2.05, 4.69) is 17.1 Å². The summed E-state index contributed by atoms with van der Waals surface area (Å²) >= 11 is 0. The van der Waals surface area contributed by atoms with Gasteiger partial charge in [0.05, 0.1) is 18.4 Å². The summed E-state index contributed by atoms with van der Waals surface area (Å²) in [5.41, 5.74) is 1.61. The Kier molecular flexibility index (Phi) is 3.64. The molecule has 4 nitrogen and oxygen atoms in total. The second-order valence-electron chi connectivity index (χ2n) is 4.26. The second kappa shape index (κ2) is 5.19. The number of rotatable bonds is 2. The normalized spacial score (nSPS) is 20.1. The molecule has 1 unspecified atom stereocenters. The molecule has 1 aromatic rings. The van der Waals surface area contributed by atoms with Crippen molar-refractivity contribution in [3.8, 4) is 0 Å². The molecule has 4 heteroatoms. The average Bonchev–Trinajstić information content (AvgIpc) is 2.38. The maximum absolute atomic E-state index is 11.7. The number of nitrogens with one attached hydrogen (secondary N) is 1. The van der Waals surface area contributed by atoms with Gasteiger partial charge in [0.1, 0.15) is 0 Å². The third kappa shape index (κ3) is 2.42. The standard InChI is InChI=1S/C13H18N2O2/c1-10-9-14-7-8-15(10)12-6-4-3-5-11(12)13(16)17-2/h3-6,10,14H,7-9H2,1-2H3. The molecular weight excluding hydrogens is 216 g/mol. The van der Waals surface area contributed by atoms with Gasteiger partial charge in [-0.05, 0) is 19.1 Å². The number of hydrogen-bond acceptors (Lipinski definition) is 4. The van der Waals surface area contributed by atoms with Gasteiger partial charge in [-0.2, -0.15) is 0 Å². The number of nitrogens with zero attached hydrogens (tertiary/aromatic N) is 1. The van der Waals surface area contributed by atoms with Crippen molar-refractivity contribution in [2.24, 2.45) is 0 Å². The number of ether oxygens (including phenoxy) is 1. The van der Waals surface area contributed by atoms with E-state index in [0.29, 0.717) is 11.6 Å². The van der Waals surface area contributed by atoms with Gasteiger partial charge in [0.25, 0.3) is 0 Å². The number of anilines is 1. The van der Waals surface area contributed by atoms with Crippen LogP contribution in [0.5, 0.6) is 0 Å². The minimum atomic E-state index is -0.272. The van der Waals surface area contributed by atoms with Crippen LogP contribution in [0.1, 0.15) is 17.3 Å². The number of para-hydroxylation sites is 1. The Morgan fingerprint density at radius 3 is 2.94 bits per heavy atom. The van der Waals surface area contributed by atoms with Crippen LogP contribution < -0.4 is 10.2 Å². The lowest BCUT2D eigenvalue weighted by atomic mass is 10.1. The first kappa shape index (κ1) is 11.9. The molecule has 1 heterocycles. The van der Waals surface area contributed by atoms with E-state index in [4.69, 9.17) is 4.74 Å². The van der Waals surface area contributed by atoms with Crippen LogP contribution in [0.3, 0.4) is 0 Å². The van der Waals surface area contributed by atoms with E-state index < -0.39 is 0 Å². The summed E-state index contributed by atoms with van der Waals surface area (Å²) in [5, 5.41) is 3.34. The van der Waals surface area contributed by atoms with Crippen LogP contribution in [-0.2, 0) is 4.74 Å². The van der Waals surface area contributed by atoms with Gasteiger partial charge in [0, 0.05) is 25.7 Å². The Morgan fingerprint density at radius 2 is 2.24 bits per heavy atom. The monoisotopic (exact) mass is 234 g/mol. The molecule has 17 heavy (non-hydrogen) atoms. The fraction of sp³-hybridized carbons (Fsp3) is 0.462. The highest BCUT2D eigenvalue weighted by Crippen LogP contribution is 2.23. The van der Waals surface area contributed by atoms with Crippen molar-refractivity contribution >= 4 is 11.7 Å². The first-order valence-electron chi connectivity index (χ1n) is 5.88. The molecule has 0 amide bonds. The molecule has 1 aromatic carbocycles. The Labute approximate surface area is 102 Å². The molecule has 1 saturated heterocycles. The second-order valence-corrected chi connectivity index (χ2v) is 4.26. The van der Waals surface area contributed by atoms with Crippen molar-refractivity contribution in [2.75, 3.05) is 31.6 Å². The van der Waals surface area contributed by atoms with Crippen molar-refractivity contribution in [3.63, 3.8) is 0 Å². The van der Waals surface area contributed by atoms with Crippen LogP contribution in [0.25, 0.3) is 0 Å². The highest BCUT2D eigenvalue weighted by Gasteiger charge is 2.22. The van der Waals surface area contributed by atoms with Gasteiger partial charge in [-0.1, -0.05) is 12.1 Å². The summed E-state index contributed by atoms with van der Waals surface area (Å²) in [6.07, 6.45) is 0. The molecule has 0 aromatic heterocycles. The zero-order valence-electron chi connectivity index (χ0n) is 10.3. The van der Waals surface area contributed by atoms with Gasteiger partial charge < -0.3 is 15.0 Å². The molecule has 1 atom stereocenters. The summed E-state index contributed by atoms with van der Waals surface area (Å²) in [7, 11) is 1.42. The number of methoxy groups -OCH3 is 1. The number of piperazine rings is 1. The van der Waals surface area contributed by atoms with E-state index in [1.807, 2.05) is 24.3 Å². The molecule has 1 aliphatic heterocycles. The molecule has 92 valence electrons. The zero-order chi connectivity index (χ0) is 12.3.